The molecule has 2 rings (SSSR count). The Kier molecular flexibility index (Phi) is 2.57. The van der Waals surface area contributed by atoms with Crippen LogP contribution in [0.3, 0.4) is 0 Å². The van der Waals surface area contributed by atoms with E-state index in [1.807, 2.05) is 31.2 Å². The zero-order chi connectivity index (χ0) is 10.8. The number of hydrogen-bond acceptors (Lipinski definition) is 2. The first-order valence-electron chi connectivity index (χ1n) is 4.66. The number of benzene rings is 1. The third-order valence-electron chi connectivity index (χ3n) is 2.35. The first-order valence-corrected chi connectivity index (χ1v) is 5.07. The second-order valence-corrected chi connectivity index (χ2v) is 3.75. The largest absolute Gasteiger partial charge is 0.481 e. The molecule has 2 aromatic carbocycles. The predicted molar refractivity (Wildman–Crippen MR) is 64.1 cm³/mol. The smallest absolute Gasteiger partial charge is 0.148 e. The number of ether oxygens (including phenoxy) is 1. The first kappa shape index (κ1) is 9.95. The van der Waals surface area contributed by atoms with Crippen molar-refractivity contribution in [3.63, 3.8) is 0 Å². The van der Waals surface area contributed by atoms with Gasteiger partial charge in [-0.3, -0.25) is 0 Å². The van der Waals surface area contributed by atoms with Crippen molar-refractivity contribution in [1.29, 1.82) is 0 Å². The minimum atomic E-state index is 0.305. The summed E-state index contributed by atoms with van der Waals surface area (Å²) in [5.74, 6) is 3.22. The highest BCUT2D eigenvalue weighted by molar-refractivity contribution is 7.72. The second-order valence-electron chi connectivity index (χ2n) is 3.35. The average Bonchev–Trinajstić information content (AvgIpc) is 2.85. The van der Waals surface area contributed by atoms with E-state index < -0.39 is 0 Å². The van der Waals surface area contributed by atoms with Gasteiger partial charge in [0.2, 0.25) is 0 Å². The van der Waals surface area contributed by atoms with E-state index in [1.54, 1.807) is 0 Å². The van der Waals surface area contributed by atoms with Gasteiger partial charge in [0.25, 0.3) is 0 Å². The van der Waals surface area contributed by atoms with Crippen molar-refractivity contribution in [3.05, 3.63) is 34.3 Å². The topological polar surface area (TPSA) is 9.23 Å². The predicted octanol–water partition coefficient (Wildman–Crippen LogP) is 3.28. The summed E-state index contributed by atoms with van der Waals surface area (Å²) in [7, 11) is 0. The van der Waals surface area contributed by atoms with E-state index in [4.69, 9.17) is 23.4 Å². The Labute approximate surface area is 94.4 Å². The molecule has 0 amide bonds. The van der Waals surface area contributed by atoms with Crippen LogP contribution in [0.4, 0.5) is 0 Å². The maximum atomic E-state index is 5.28. The lowest BCUT2D eigenvalue weighted by Crippen LogP contribution is -1.92. The van der Waals surface area contributed by atoms with Crippen LogP contribution in [0, 0.1) is 23.8 Å². The Morgan fingerprint density at radius 3 is 2.40 bits per heavy atom. The molecule has 0 aliphatic rings. The standard InChI is InChI=1S/C13H10OS/c1-3-8-14-11-6-4-10(5-7-11)12-9(2)13(12)15/h1,4-7H,8H2,2H3. The van der Waals surface area contributed by atoms with Crippen molar-refractivity contribution in [3.8, 4) is 29.2 Å². The summed E-state index contributed by atoms with van der Waals surface area (Å²) in [5, 5.41) is 0. The molecule has 0 fully saturated rings. The zero-order valence-electron chi connectivity index (χ0n) is 8.41. The van der Waals surface area contributed by atoms with Crippen molar-refractivity contribution in [2.75, 3.05) is 6.61 Å². The summed E-state index contributed by atoms with van der Waals surface area (Å²) < 4.78 is 6.27. The summed E-state index contributed by atoms with van der Waals surface area (Å²) in [5.41, 5.74) is 3.58. The lowest BCUT2D eigenvalue weighted by Gasteiger charge is -2.01. The molecule has 0 atom stereocenters. The molecule has 0 saturated carbocycles. The van der Waals surface area contributed by atoms with Crippen molar-refractivity contribution < 1.29 is 4.74 Å². The van der Waals surface area contributed by atoms with E-state index in [9.17, 15) is 0 Å². The Hall–Kier alpha value is -1.59. The molecule has 0 spiro atoms. The van der Waals surface area contributed by atoms with Crippen LogP contribution in [0.25, 0.3) is 11.1 Å². The molecule has 0 unspecified atom stereocenters. The normalized spacial score (nSPS) is 10.1. The lowest BCUT2D eigenvalue weighted by molar-refractivity contribution is 0.370. The number of terminal acetylenes is 1. The monoisotopic (exact) mass is 214 g/mol. The molecule has 0 bridgehead atoms. The molecule has 0 aliphatic heterocycles. The van der Waals surface area contributed by atoms with Gasteiger partial charge in [-0.15, -0.1) is 6.42 Å². The Bertz CT molecular complexity index is 522. The highest BCUT2D eigenvalue weighted by atomic mass is 32.1. The van der Waals surface area contributed by atoms with Gasteiger partial charge < -0.3 is 4.74 Å². The molecule has 2 aromatic rings. The van der Waals surface area contributed by atoms with Gasteiger partial charge in [-0.25, -0.2) is 0 Å². The zero-order valence-corrected chi connectivity index (χ0v) is 9.23. The van der Waals surface area contributed by atoms with Crippen LogP contribution < -0.4 is 4.74 Å². The summed E-state index contributed by atoms with van der Waals surface area (Å²) in [6.45, 7) is 2.35. The molecule has 0 aromatic heterocycles. The summed E-state index contributed by atoms with van der Waals surface area (Å²) in [4.78, 5) is 0. The molecule has 0 saturated heterocycles. The maximum absolute atomic E-state index is 5.28. The highest BCUT2D eigenvalue weighted by Crippen LogP contribution is 2.35. The van der Waals surface area contributed by atoms with Crippen LogP contribution in [0.15, 0.2) is 24.3 Å². The van der Waals surface area contributed by atoms with Gasteiger partial charge in [0, 0.05) is 10.1 Å². The highest BCUT2D eigenvalue weighted by Gasteiger charge is 2.14. The maximum Gasteiger partial charge on any atom is 0.148 e. The first-order chi connectivity index (χ1) is 7.24. The Morgan fingerprint density at radius 2 is 1.93 bits per heavy atom. The van der Waals surface area contributed by atoms with Crippen molar-refractivity contribution in [2.24, 2.45) is 0 Å². The Balaban J connectivity index is 2.15. The van der Waals surface area contributed by atoms with Crippen LogP contribution in [-0.2, 0) is 0 Å². The fraction of sp³-hybridized carbons (Fsp3) is 0.154. The minimum Gasteiger partial charge on any atom is -0.481 e. The fourth-order valence-corrected chi connectivity index (χ4v) is 1.77. The van der Waals surface area contributed by atoms with E-state index in [0.29, 0.717) is 6.61 Å². The summed E-state index contributed by atoms with van der Waals surface area (Å²) in [6, 6.07) is 7.83. The van der Waals surface area contributed by atoms with E-state index in [0.717, 1.165) is 15.8 Å². The van der Waals surface area contributed by atoms with Gasteiger partial charge in [-0.05, 0) is 30.2 Å². The minimum absolute atomic E-state index is 0.305. The lowest BCUT2D eigenvalue weighted by atomic mass is 10.2. The van der Waals surface area contributed by atoms with Crippen LogP contribution in [0.2, 0.25) is 0 Å². The fourth-order valence-electron chi connectivity index (χ4n) is 1.45. The van der Waals surface area contributed by atoms with Crippen molar-refractivity contribution >= 4 is 12.2 Å². The van der Waals surface area contributed by atoms with Gasteiger partial charge in [0.05, 0.1) is 0 Å². The Morgan fingerprint density at radius 1 is 1.33 bits per heavy atom. The van der Waals surface area contributed by atoms with E-state index >= 15 is 0 Å². The van der Waals surface area contributed by atoms with Crippen LogP contribution in [0.1, 0.15) is 5.56 Å². The molecular formula is C13H10OS. The van der Waals surface area contributed by atoms with Crippen LogP contribution >= 0.6 is 12.2 Å². The summed E-state index contributed by atoms with van der Waals surface area (Å²) in [6.07, 6.45) is 5.10. The molecule has 1 nitrogen and oxygen atoms in total. The van der Waals surface area contributed by atoms with E-state index in [-0.39, 0.29) is 0 Å². The van der Waals surface area contributed by atoms with Gasteiger partial charge in [-0.1, -0.05) is 30.3 Å². The molecule has 0 radical (unpaired) electrons. The van der Waals surface area contributed by atoms with Gasteiger partial charge in [0.1, 0.15) is 12.4 Å². The van der Waals surface area contributed by atoms with E-state index in [1.165, 1.54) is 11.1 Å². The number of hydrogen-bond donors (Lipinski definition) is 0. The van der Waals surface area contributed by atoms with E-state index in [2.05, 4.69) is 5.92 Å². The second kappa shape index (κ2) is 3.88. The van der Waals surface area contributed by atoms with Gasteiger partial charge in [0.15, 0.2) is 0 Å². The average molecular weight is 214 g/mol. The van der Waals surface area contributed by atoms with Crippen LogP contribution in [0.5, 0.6) is 5.75 Å². The SMILES string of the molecule is C#CCOc1ccc(-c2c(C)c2=S)cc1. The molecular weight excluding hydrogens is 204 g/mol. The van der Waals surface area contributed by atoms with Gasteiger partial charge in [-0.2, -0.15) is 0 Å². The third kappa shape index (κ3) is 1.93. The molecule has 0 N–H and O–H groups in total. The molecule has 74 valence electrons. The third-order valence-corrected chi connectivity index (χ3v) is 2.86. The van der Waals surface area contributed by atoms with Crippen LogP contribution in [-0.4, -0.2) is 6.61 Å². The number of rotatable bonds is 3. The van der Waals surface area contributed by atoms with Crippen molar-refractivity contribution in [2.45, 2.75) is 6.92 Å². The molecule has 15 heavy (non-hydrogen) atoms. The molecule has 0 heterocycles. The quantitative estimate of drug-likeness (QED) is 0.573. The van der Waals surface area contributed by atoms with Gasteiger partial charge >= 0.3 is 0 Å². The summed E-state index contributed by atoms with van der Waals surface area (Å²) >= 11 is 5.15. The molecule has 0 aliphatic carbocycles. The molecule has 2 heteroatoms. The van der Waals surface area contributed by atoms with Crippen molar-refractivity contribution in [1.82, 2.24) is 0 Å².